The van der Waals surface area contributed by atoms with Crippen molar-refractivity contribution in [3.8, 4) is 17.0 Å². The van der Waals surface area contributed by atoms with Crippen LogP contribution in [-0.2, 0) is 17.4 Å². The van der Waals surface area contributed by atoms with Crippen molar-refractivity contribution in [2.24, 2.45) is 0 Å². The zero-order valence-electron chi connectivity index (χ0n) is 21.8. The molecule has 0 fully saturated rings. The van der Waals surface area contributed by atoms with Gasteiger partial charge in [-0.2, -0.15) is 13.2 Å². The standard InChI is InChI=1S/C29H22F6N2O5S/c30-28(31,32)20-9-5-18(6-10-20)23-15-43-26(37-23)22(17-7-11-21(12-8-17)42-29(33,34)35)13-16-1-3-19(4-2-16)25(39)36-14-24(38)27(40)41/h1-12,15,22,24,38H,13-14H2,(H,36,39)(H,40,41)/t22?,24-/m1/s1. The molecule has 0 radical (unpaired) electrons. The molecule has 0 saturated heterocycles. The summed E-state index contributed by atoms with van der Waals surface area (Å²) < 4.78 is 80.9. The van der Waals surface area contributed by atoms with Crippen LogP contribution in [0.2, 0.25) is 0 Å². The van der Waals surface area contributed by atoms with Gasteiger partial charge in [0, 0.05) is 22.4 Å². The number of nitrogens with one attached hydrogen (secondary N) is 1. The van der Waals surface area contributed by atoms with Crippen molar-refractivity contribution in [2.45, 2.75) is 31.0 Å². The van der Waals surface area contributed by atoms with E-state index < -0.39 is 54.3 Å². The van der Waals surface area contributed by atoms with Crippen LogP contribution in [0.15, 0.2) is 78.2 Å². The number of hydrogen-bond acceptors (Lipinski definition) is 6. The van der Waals surface area contributed by atoms with E-state index >= 15 is 0 Å². The van der Waals surface area contributed by atoms with E-state index in [0.717, 1.165) is 12.1 Å². The Labute approximate surface area is 244 Å². The van der Waals surface area contributed by atoms with Crippen molar-refractivity contribution < 1.29 is 50.9 Å². The summed E-state index contributed by atoms with van der Waals surface area (Å²) >= 11 is 1.23. The van der Waals surface area contributed by atoms with Gasteiger partial charge in [-0.15, -0.1) is 24.5 Å². The molecule has 2 atom stereocenters. The van der Waals surface area contributed by atoms with Crippen LogP contribution in [0.25, 0.3) is 11.3 Å². The molecule has 0 aliphatic carbocycles. The Balaban J connectivity index is 1.59. The molecule has 3 aromatic carbocycles. The van der Waals surface area contributed by atoms with Gasteiger partial charge in [0.1, 0.15) is 10.8 Å². The number of aromatic nitrogens is 1. The minimum absolute atomic E-state index is 0.199. The van der Waals surface area contributed by atoms with Gasteiger partial charge in [0.15, 0.2) is 6.10 Å². The third kappa shape index (κ3) is 8.55. The molecule has 14 heteroatoms. The smallest absolute Gasteiger partial charge is 0.479 e. The van der Waals surface area contributed by atoms with Gasteiger partial charge >= 0.3 is 18.5 Å². The number of alkyl halides is 6. The van der Waals surface area contributed by atoms with Crippen LogP contribution >= 0.6 is 11.3 Å². The van der Waals surface area contributed by atoms with Crippen LogP contribution in [0, 0.1) is 0 Å². The number of ether oxygens (including phenoxy) is 1. The molecule has 0 bridgehead atoms. The summed E-state index contributed by atoms with van der Waals surface area (Å²) in [5.41, 5.74) is 1.57. The summed E-state index contributed by atoms with van der Waals surface area (Å²) in [4.78, 5) is 27.7. The number of thiazole rings is 1. The SMILES string of the molecule is O=C(NC[C@@H](O)C(=O)O)c1ccc(CC(c2ccc(OC(F)(F)F)cc2)c2nc(-c3ccc(C(F)(F)F)cc3)cs2)cc1. The van der Waals surface area contributed by atoms with Gasteiger partial charge in [0.05, 0.1) is 17.8 Å². The average molecular weight is 625 g/mol. The molecule has 1 heterocycles. The van der Waals surface area contributed by atoms with Gasteiger partial charge < -0.3 is 20.3 Å². The van der Waals surface area contributed by atoms with Crippen LogP contribution in [0.3, 0.4) is 0 Å². The van der Waals surface area contributed by atoms with E-state index in [4.69, 9.17) is 5.11 Å². The highest BCUT2D eigenvalue weighted by Crippen LogP contribution is 2.36. The molecule has 1 amide bonds. The fourth-order valence-electron chi connectivity index (χ4n) is 4.07. The quantitative estimate of drug-likeness (QED) is 0.179. The van der Waals surface area contributed by atoms with Crippen LogP contribution in [0.4, 0.5) is 26.3 Å². The number of aliphatic hydroxyl groups excluding tert-OH is 1. The number of benzene rings is 3. The summed E-state index contributed by atoms with van der Waals surface area (Å²) in [5, 5.41) is 22.6. The summed E-state index contributed by atoms with van der Waals surface area (Å²) in [7, 11) is 0. The third-order valence-electron chi connectivity index (χ3n) is 6.24. The van der Waals surface area contributed by atoms with Gasteiger partial charge in [0.25, 0.3) is 5.91 Å². The first-order valence-electron chi connectivity index (χ1n) is 12.5. The number of halogens is 6. The molecular weight excluding hydrogens is 602 g/mol. The van der Waals surface area contributed by atoms with Gasteiger partial charge in [0.2, 0.25) is 0 Å². The van der Waals surface area contributed by atoms with Gasteiger partial charge in [-0.05, 0) is 53.9 Å². The largest absolute Gasteiger partial charge is 0.573 e. The average Bonchev–Trinajstić information content (AvgIpc) is 3.44. The molecule has 0 aliphatic rings. The van der Waals surface area contributed by atoms with E-state index in [2.05, 4.69) is 15.0 Å². The second kappa shape index (κ2) is 12.8. The maximum atomic E-state index is 13.0. The van der Waals surface area contributed by atoms with Crippen LogP contribution in [0.5, 0.6) is 5.75 Å². The van der Waals surface area contributed by atoms with E-state index in [-0.39, 0.29) is 5.56 Å². The number of hydrogen-bond donors (Lipinski definition) is 3. The van der Waals surface area contributed by atoms with E-state index in [9.17, 15) is 41.0 Å². The summed E-state index contributed by atoms with van der Waals surface area (Å²) in [6.45, 7) is -0.489. The van der Waals surface area contributed by atoms with Gasteiger partial charge in [-0.1, -0.05) is 36.4 Å². The molecule has 0 spiro atoms. The predicted octanol–water partition coefficient (Wildman–Crippen LogP) is 6.28. The van der Waals surface area contributed by atoms with Crippen molar-refractivity contribution >= 4 is 23.2 Å². The lowest BCUT2D eigenvalue weighted by Gasteiger charge is -2.17. The number of nitrogens with zero attached hydrogens (tertiary/aromatic N) is 1. The molecule has 3 N–H and O–H groups in total. The highest BCUT2D eigenvalue weighted by molar-refractivity contribution is 7.10. The molecule has 1 aromatic heterocycles. The predicted molar refractivity (Wildman–Crippen MR) is 144 cm³/mol. The molecule has 7 nitrogen and oxygen atoms in total. The molecule has 226 valence electrons. The normalized spacial score (nSPS) is 13.3. The number of carboxylic acid groups (broad SMARTS) is 1. The monoisotopic (exact) mass is 624 g/mol. The summed E-state index contributed by atoms with van der Waals surface area (Å²) in [5.74, 6) is -2.99. The molecule has 0 saturated carbocycles. The maximum absolute atomic E-state index is 13.0. The van der Waals surface area contributed by atoms with Crippen LogP contribution < -0.4 is 10.1 Å². The Morgan fingerprint density at radius 3 is 2.09 bits per heavy atom. The van der Waals surface area contributed by atoms with E-state index in [1.165, 1.54) is 59.9 Å². The highest BCUT2D eigenvalue weighted by Gasteiger charge is 2.32. The molecule has 43 heavy (non-hydrogen) atoms. The number of rotatable bonds is 10. The van der Waals surface area contributed by atoms with Gasteiger partial charge in [-0.3, -0.25) is 4.79 Å². The number of carbonyl (C=O) groups excluding carboxylic acids is 1. The fraction of sp³-hybridized carbons (Fsp3) is 0.207. The Morgan fingerprint density at radius 2 is 1.53 bits per heavy atom. The molecule has 4 rings (SSSR count). The first-order chi connectivity index (χ1) is 20.2. The fourth-order valence-corrected chi connectivity index (χ4v) is 5.02. The highest BCUT2D eigenvalue weighted by atomic mass is 32.1. The molecule has 4 aromatic rings. The Kier molecular flexibility index (Phi) is 9.40. The van der Waals surface area contributed by atoms with Gasteiger partial charge in [-0.25, -0.2) is 9.78 Å². The minimum atomic E-state index is -4.87. The maximum Gasteiger partial charge on any atom is 0.573 e. The minimum Gasteiger partial charge on any atom is -0.479 e. The second-order valence-electron chi connectivity index (χ2n) is 9.28. The lowest BCUT2D eigenvalue weighted by atomic mass is 9.92. The first-order valence-corrected chi connectivity index (χ1v) is 13.3. The number of aliphatic hydroxyl groups is 1. The Bertz CT molecular complexity index is 1550. The van der Waals surface area contributed by atoms with Crippen molar-refractivity contribution in [1.82, 2.24) is 10.3 Å². The number of amides is 1. The van der Waals surface area contributed by atoms with Crippen molar-refractivity contribution in [3.63, 3.8) is 0 Å². The number of carboxylic acids is 1. The summed E-state index contributed by atoms with van der Waals surface area (Å²) in [6, 6.07) is 16.0. The van der Waals surface area contributed by atoms with Crippen molar-refractivity contribution in [1.29, 1.82) is 0 Å². The molecule has 1 unspecified atom stereocenters. The van der Waals surface area contributed by atoms with E-state index in [1.54, 1.807) is 17.5 Å². The lowest BCUT2D eigenvalue weighted by molar-refractivity contribution is -0.274. The third-order valence-corrected chi connectivity index (χ3v) is 7.20. The van der Waals surface area contributed by atoms with Crippen LogP contribution in [-0.4, -0.2) is 46.1 Å². The lowest BCUT2D eigenvalue weighted by Crippen LogP contribution is -2.36. The van der Waals surface area contributed by atoms with E-state index in [0.29, 0.717) is 33.8 Å². The Morgan fingerprint density at radius 1 is 0.907 bits per heavy atom. The number of aliphatic carboxylic acids is 1. The second-order valence-corrected chi connectivity index (χ2v) is 10.2. The number of carbonyl (C=O) groups is 2. The molecular formula is C29H22F6N2O5S. The van der Waals surface area contributed by atoms with Crippen molar-refractivity contribution in [2.75, 3.05) is 6.54 Å². The topological polar surface area (TPSA) is 109 Å². The Hall–Kier alpha value is -4.43. The van der Waals surface area contributed by atoms with E-state index in [1.807, 2.05) is 0 Å². The molecule has 0 aliphatic heterocycles. The summed E-state index contributed by atoms with van der Waals surface area (Å²) in [6.07, 6.45) is -10.8. The zero-order valence-corrected chi connectivity index (χ0v) is 22.6. The van der Waals surface area contributed by atoms with Crippen molar-refractivity contribution in [3.05, 3.63) is 105 Å². The van der Waals surface area contributed by atoms with Crippen LogP contribution in [0.1, 0.15) is 38.0 Å². The first kappa shape index (κ1) is 31.5. The zero-order chi connectivity index (χ0) is 31.4.